The lowest BCUT2D eigenvalue weighted by atomic mass is 10.1. The van der Waals surface area contributed by atoms with E-state index in [2.05, 4.69) is 0 Å². The van der Waals surface area contributed by atoms with Gasteiger partial charge < -0.3 is 10.0 Å². The van der Waals surface area contributed by atoms with Gasteiger partial charge in [-0.05, 0) is 25.0 Å². The lowest BCUT2D eigenvalue weighted by molar-refractivity contribution is -0.385. The van der Waals surface area contributed by atoms with E-state index in [0.29, 0.717) is 12.1 Å². The fourth-order valence-corrected chi connectivity index (χ4v) is 2.00. The van der Waals surface area contributed by atoms with E-state index in [1.807, 2.05) is 13.8 Å². The summed E-state index contributed by atoms with van der Waals surface area (Å²) >= 11 is 0. The van der Waals surface area contributed by atoms with Crippen molar-refractivity contribution in [2.45, 2.75) is 20.8 Å². The van der Waals surface area contributed by atoms with Crippen LogP contribution in [0.1, 0.15) is 29.8 Å². The largest absolute Gasteiger partial charge is 0.480 e. The highest BCUT2D eigenvalue weighted by molar-refractivity contribution is 5.96. The molecule has 21 heavy (non-hydrogen) atoms. The van der Waals surface area contributed by atoms with Gasteiger partial charge in [0.25, 0.3) is 11.6 Å². The first kappa shape index (κ1) is 16.6. The number of rotatable bonds is 6. The molecule has 7 nitrogen and oxygen atoms in total. The molecule has 0 aliphatic heterocycles. The number of aryl methyl sites for hydroxylation is 1. The number of carboxylic acids is 1. The fourth-order valence-electron chi connectivity index (χ4n) is 2.00. The first-order valence-electron chi connectivity index (χ1n) is 6.48. The molecule has 0 aliphatic rings. The van der Waals surface area contributed by atoms with Crippen LogP contribution in [-0.4, -0.2) is 39.9 Å². The second-order valence-electron chi connectivity index (χ2n) is 5.23. The van der Waals surface area contributed by atoms with Crippen LogP contribution in [0.2, 0.25) is 0 Å². The summed E-state index contributed by atoms with van der Waals surface area (Å²) in [4.78, 5) is 34.7. The van der Waals surface area contributed by atoms with Gasteiger partial charge in [0, 0.05) is 23.7 Å². The summed E-state index contributed by atoms with van der Waals surface area (Å²) in [6, 6.07) is 4.02. The van der Waals surface area contributed by atoms with Crippen LogP contribution in [0.15, 0.2) is 18.2 Å². The summed E-state index contributed by atoms with van der Waals surface area (Å²) in [6.07, 6.45) is 0. The highest BCUT2D eigenvalue weighted by Crippen LogP contribution is 2.20. The SMILES string of the molecule is Cc1cc(C(=O)N(CC(=O)O)CC(C)C)ccc1[N+](=O)[O-]. The lowest BCUT2D eigenvalue weighted by Gasteiger charge is -2.22. The Labute approximate surface area is 122 Å². The molecule has 114 valence electrons. The normalized spacial score (nSPS) is 10.5. The molecule has 0 bridgehead atoms. The van der Waals surface area contributed by atoms with E-state index in [1.54, 1.807) is 6.92 Å². The third-order valence-corrected chi connectivity index (χ3v) is 2.84. The van der Waals surface area contributed by atoms with Crippen LogP contribution in [0, 0.1) is 23.0 Å². The van der Waals surface area contributed by atoms with Crippen molar-refractivity contribution in [2.24, 2.45) is 5.92 Å². The number of nitro groups is 1. The van der Waals surface area contributed by atoms with E-state index in [4.69, 9.17) is 5.11 Å². The minimum Gasteiger partial charge on any atom is -0.480 e. The Morgan fingerprint density at radius 2 is 2.00 bits per heavy atom. The van der Waals surface area contributed by atoms with Crippen LogP contribution in [0.3, 0.4) is 0 Å². The molecule has 0 saturated carbocycles. The summed E-state index contributed by atoms with van der Waals surface area (Å²) in [5.74, 6) is -1.42. The predicted molar refractivity (Wildman–Crippen MR) is 76.2 cm³/mol. The fraction of sp³-hybridized carbons (Fsp3) is 0.429. The third-order valence-electron chi connectivity index (χ3n) is 2.84. The number of aliphatic carboxylic acids is 1. The van der Waals surface area contributed by atoms with E-state index in [1.165, 1.54) is 23.1 Å². The molecule has 1 rings (SSSR count). The molecule has 0 aromatic heterocycles. The van der Waals surface area contributed by atoms with Crippen LogP contribution in [0.4, 0.5) is 5.69 Å². The van der Waals surface area contributed by atoms with E-state index >= 15 is 0 Å². The van der Waals surface area contributed by atoms with Crippen molar-refractivity contribution in [3.63, 3.8) is 0 Å². The minimum atomic E-state index is -1.09. The Hall–Kier alpha value is -2.44. The molecule has 1 N–H and O–H groups in total. The van der Waals surface area contributed by atoms with Crippen molar-refractivity contribution in [3.05, 3.63) is 39.4 Å². The maximum absolute atomic E-state index is 12.3. The van der Waals surface area contributed by atoms with E-state index in [9.17, 15) is 19.7 Å². The molecule has 0 saturated heterocycles. The van der Waals surface area contributed by atoms with Gasteiger partial charge >= 0.3 is 5.97 Å². The molecule has 1 amide bonds. The van der Waals surface area contributed by atoms with Gasteiger partial charge in [-0.1, -0.05) is 13.8 Å². The van der Waals surface area contributed by atoms with Gasteiger partial charge in [-0.25, -0.2) is 0 Å². The number of amides is 1. The number of hydrogen-bond acceptors (Lipinski definition) is 4. The van der Waals surface area contributed by atoms with Crippen molar-refractivity contribution in [3.8, 4) is 0 Å². The van der Waals surface area contributed by atoms with Gasteiger partial charge in [-0.3, -0.25) is 19.7 Å². The first-order valence-corrected chi connectivity index (χ1v) is 6.48. The van der Waals surface area contributed by atoms with Crippen LogP contribution in [0.5, 0.6) is 0 Å². The average Bonchev–Trinajstić information content (AvgIpc) is 2.35. The summed E-state index contributed by atoms with van der Waals surface area (Å²) in [5, 5.41) is 19.6. The summed E-state index contributed by atoms with van der Waals surface area (Å²) in [7, 11) is 0. The van der Waals surface area contributed by atoms with Crippen molar-refractivity contribution in [1.29, 1.82) is 0 Å². The number of benzene rings is 1. The number of carboxylic acid groups (broad SMARTS) is 1. The van der Waals surface area contributed by atoms with Crippen molar-refractivity contribution in [2.75, 3.05) is 13.1 Å². The van der Waals surface area contributed by atoms with Crippen LogP contribution in [0.25, 0.3) is 0 Å². The maximum atomic E-state index is 12.3. The summed E-state index contributed by atoms with van der Waals surface area (Å²) in [6.45, 7) is 5.21. The quantitative estimate of drug-likeness (QED) is 0.639. The van der Waals surface area contributed by atoms with Gasteiger partial charge in [-0.2, -0.15) is 0 Å². The lowest BCUT2D eigenvalue weighted by Crippen LogP contribution is -2.38. The van der Waals surface area contributed by atoms with Gasteiger partial charge in [0.1, 0.15) is 6.54 Å². The summed E-state index contributed by atoms with van der Waals surface area (Å²) < 4.78 is 0. The molecule has 0 spiro atoms. The van der Waals surface area contributed by atoms with Gasteiger partial charge in [0.15, 0.2) is 0 Å². The maximum Gasteiger partial charge on any atom is 0.323 e. The van der Waals surface area contributed by atoms with Gasteiger partial charge in [0.05, 0.1) is 4.92 Å². The standard InChI is InChI=1S/C14H18N2O5/c1-9(2)7-15(8-13(17)18)14(19)11-4-5-12(16(20)21)10(3)6-11/h4-6,9H,7-8H2,1-3H3,(H,17,18). The number of carbonyl (C=O) groups is 2. The molecule has 0 aliphatic carbocycles. The Morgan fingerprint density at radius 3 is 2.43 bits per heavy atom. The second kappa shape index (κ2) is 6.83. The van der Waals surface area contributed by atoms with Crippen LogP contribution < -0.4 is 0 Å². The zero-order valence-electron chi connectivity index (χ0n) is 12.2. The molecule has 1 aromatic rings. The molecule has 0 unspecified atom stereocenters. The zero-order valence-corrected chi connectivity index (χ0v) is 12.2. The molecule has 0 heterocycles. The predicted octanol–water partition coefficient (Wildman–Crippen LogP) is 2.09. The third kappa shape index (κ3) is 4.55. The van der Waals surface area contributed by atoms with Crippen molar-refractivity contribution >= 4 is 17.6 Å². The number of nitrogens with zero attached hydrogens (tertiary/aromatic N) is 2. The summed E-state index contributed by atoms with van der Waals surface area (Å²) in [5.41, 5.74) is 0.547. The first-order chi connectivity index (χ1) is 9.72. The number of hydrogen-bond donors (Lipinski definition) is 1. The van der Waals surface area contributed by atoms with Crippen LogP contribution >= 0.6 is 0 Å². The van der Waals surface area contributed by atoms with Crippen molar-refractivity contribution in [1.82, 2.24) is 4.90 Å². The second-order valence-corrected chi connectivity index (χ2v) is 5.23. The average molecular weight is 294 g/mol. The van der Waals surface area contributed by atoms with Gasteiger partial charge in [-0.15, -0.1) is 0 Å². The van der Waals surface area contributed by atoms with E-state index < -0.39 is 23.3 Å². The minimum absolute atomic E-state index is 0.0693. The van der Waals surface area contributed by atoms with Crippen molar-refractivity contribution < 1.29 is 19.6 Å². The van der Waals surface area contributed by atoms with E-state index in [-0.39, 0.29) is 17.2 Å². The molecule has 0 fully saturated rings. The molecule has 0 radical (unpaired) electrons. The smallest absolute Gasteiger partial charge is 0.323 e. The highest BCUT2D eigenvalue weighted by Gasteiger charge is 2.21. The monoisotopic (exact) mass is 294 g/mol. The Kier molecular flexibility index (Phi) is 5.40. The van der Waals surface area contributed by atoms with Crippen LogP contribution in [-0.2, 0) is 4.79 Å². The number of carbonyl (C=O) groups excluding carboxylic acids is 1. The van der Waals surface area contributed by atoms with Gasteiger partial charge in [0.2, 0.25) is 0 Å². The van der Waals surface area contributed by atoms with E-state index in [0.717, 1.165) is 0 Å². The molecule has 1 aromatic carbocycles. The molecular weight excluding hydrogens is 276 g/mol. The molecule has 7 heteroatoms. The number of nitro benzene ring substituents is 1. The molecular formula is C14H18N2O5. The topological polar surface area (TPSA) is 101 Å². The highest BCUT2D eigenvalue weighted by atomic mass is 16.6. The Bertz CT molecular complexity index is 568. The Morgan fingerprint density at radius 1 is 1.38 bits per heavy atom. The zero-order chi connectivity index (χ0) is 16.2. The Balaban J connectivity index is 3.05. The molecule has 0 atom stereocenters.